The van der Waals surface area contributed by atoms with Crippen molar-refractivity contribution in [3.63, 3.8) is 0 Å². The van der Waals surface area contributed by atoms with Crippen LogP contribution in [0.3, 0.4) is 0 Å². The maximum absolute atomic E-state index is 13.0. The normalized spacial score (nSPS) is 12.1. The van der Waals surface area contributed by atoms with E-state index in [0.29, 0.717) is 29.1 Å². The molecule has 1 atom stereocenters. The number of ether oxygens (including phenoxy) is 3. The molecule has 0 aliphatic carbocycles. The number of nitrogens with one attached hydrogen (secondary N) is 2. The van der Waals surface area contributed by atoms with Gasteiger partial charge in [0, 0.05) is 16.5 Å². The van der Waals surface area contributed by atoms with Gasteiger partial charge in [-0.2, -0.15) is 0 Å². The Bertz CT molecular complexity index is 1460. The molecule has 0 radical (unpaired) electrons. The van der Waals surface area contributed by atoms with Crippen LogP contribution >= 0.6 is 0 Å². The van der Waals surface area contributed by atoms with Gasteiger partial charge in [0.2, 0.25) is 0 Å². The molecule has 9 heteroatoms. The number of esters is 1. The van der Waals surface area contributed by atoms with E-state index in [9.17, 15) is 13.2 Å². The average Bonchev–Trinajstić information content (AvgIpc) is 2.93. The number of fused-ring (bicyclic) bond motifs is 1. The SMILES string of the molecule is COC(=O)[C@H](COCc1ccccc1)Nc1ccc(NS(=O)(=O)c2ccc(OC)cc2)c2ccccc12. The number of carbonyl (C=O) groups excluding carboxylic acids is 1. The van der Waals surface area contributed by atoms with Crippen molar-refractivity contribution in [2.45, 2.75) is 17.5 Å². The third-order valence-electron chi connectivity index (χ3n) is 5.75. The van der Waals surface area contributed by atoms with Gasteiger partial charge in [0.15, 0.2) is 0 Å². The van der Waals surface area contributed by atoms with Crippen LogP contribution in [-0.2, 0) is 30.9 Å². The molecule has 192 valence electrons. The maximum Gasteiger partial charge on any atom is 0.330 e. The molecule has 2 N–H and O–H groups in total. The molecule has 0 saturated carbocycles. The van der Waals surface area contributed by atoms with Crippen LogP contribution in [0.4, 0.5) is 11.4 Å². The van der Waals surface area contributed by atoms with Crippen molar-refractivity contribution in [1.29, 1.82) is 0 Å². The fourth-order valence-corrected chi connectivity index (χ4v) is 4.92. The lowest BCUT2D eigenvalue weighted by Crippen LogP contribution is -2.35. The number of benzene rings is 4. The van der Waals surface area contributed by atoms with Crippen molar-refractivity contribution < 1.29 is 27.4 Å². The van der Waals surface area contributed by atoms with Gasteiger partial charge in [-0.15, -0.1) is 0 Å². The summed E-state index contributed by atoms with van der Waals surface area (Å²) in [6.45, 7) is 0.435. The predicted molar refractivity (Wildman–Crippen MR) is 143 cm³/mol. The van der Waals surface area contributed by atoms with Crippen molar-refractivity contribution in [2.24, 2.45) is 0 Å². The second-order valence-electron chi connectivity index (χ2n) is 8.21. The van der Waals surface area contributed by atoms with Gasteiger partial charge in [0.1, 0.15) is 11.8 Å². The Morgan fingerprint density at radius 1 is 0.811 bits per heavy atom. The molecule has 0 heterocycles. The summed E-state index contributed by atoms with van der Waals surface area (Å²) in [6.07, 6.45) is 0. The first-order valence-corrected chi connectivity index (χ1v) is 13.0. The number of methoxy groups -OCH3 is 2. The van der Waals surface area contributed by atoms with Crippen molar-refractivity contribution in [1.82, 2.24) is 0 Å². The first kappa shape index (κ1) is 26.0. The lowest BCUT2D eigenvalue weighted by molar-refractivity contribution is -0.143. The molecule has 0 saturated heterocycles. The first-order chi connectivity index (χ1) is 17.9. The third kappa shape index (κ3) is 6.38. The lowest BCUT2D eigenvalue weighted by atomic mass is 10.1. The Labute approximate surface area is 216 Å². The zero-order valence-electron chi connectivity index (χ0n) is 20.5. The highest BCUT2D eigenvalue weighted by Gasteiger charge is 2.22. The zero-order valence-corrected chi connectivity index (χ0v) is 21.3. The second kappa shape index (κ2) is 11.8. The predicted octanol–water partition coefficient (Wildman–Crippen LogP) is 4.82. The first-order valence-electron chi connectivity index (χ1n) is 11.6. The van der Waals surface area contributed by atoms with E-state index in [4.69, 9.17) is 14.2 Å². The topological polar surface area (TPSA) is 103 Å². The minimum absolute atomic E-state index is 0.0851. The summed E-state index contributed by atoms with van der Waals surface area (Å²) in [5.74, 6) is 0.0918. The smallest absolute Gasteiger partial charge is 0.330 e. The highest BCUT2D eigenvalue weighted by Crippen LogP contribution is 2.32. The molecule has 0 aliphatic heterocycles. The number of hydrogen-bond acceptors (Lipinski definition) is 7. The van der Waals surface area contributed by atoms with Gasteiger partial charge in [-0.05, 0) is 42.0 Å². The van der Waals surface area contributed by atoms with Crippen LogP contribution in [0.2, 0.25) is 0 Å². The third-order valence-corrected chi connectivity index (χ3v) is 7.13. The maximum atomic E-state index is 13.0. The summed E-state index contributed by atoms with van der Waals surface area (Å²) in [4.78, 5) is 12.6. The molecule has 0 fully saturated rings. The molecule has 4 rings (SSSR count). The monoisotopic (exact) mass is 520 g/mol. The fourth-order valence-electron chi connectivity index (χ4n) is 3.84. The molecule has 0 spiro atoms. The van der Waals surface area contributed by atoms with Crippen LogP contribution in [0.25, 0.3) is 10.8 Å². The molecule has 37 heavy (non-hydrogen) atoms. The molecule has 0 bridgehead atoms. The zero-order chi connectivity index (χ0) is 26.3. The Morgan fingerprint density at radius 2 is 1.43 bits per heavy atom. The quantitative estimate of drug-likeness (QED) is 0.273. The van der Waals surface area contributed by atoms with Gasteiger partial charge in [-0.25, -0.2) is 13.2 Å². The number of carbonyl (C=O) groups is 1. The van der Waals surface area contributed by atoms with Crippen LogP contribution in [0.5, 0.6) is 5.75 Å². The van der Waals surface area contributed by atoms with Crippen molar-refractivity contribution in [2.75, 3.05) is 30.9 Å². The Kier molecular flexibility index (Phi) is 8.27. The molecular formula is C28H28N2O6S. The number of rotatable bonds is 11. The van der Waals surface area contributed by atoms with E-state index in [-0.39, 0.29) is 11.5 Å². The van der Waals surface area contributed by atoms with Crippen LogP contribution in [-0.4, -0.2) is 41.3 Å². The summed E-state index contributed by atoms with van der Waals surface area (Å²) in [7, 11) is -1.00. The number of sulfonamides is 1. The molecule has 0 unspecified atom stereocenters. The van der Waals surface area contributed by atoms with Gasteiger partial charge < -0.3 is 19.5 Å². The summed E-state index contributed by atoms with van der Waals surface area (Å²) in [6, 6.07) is 25.7. The van der Waals surface area contributed by atoms with Crippen LogP contribution < -0.4 is 14.8 Å². The van der Waals surface area contributed by atoms with E-state index in [2.05, 4.69) is 10.0 Å². The van der Waals surface area contributed by atoms with E-state index >= 15 is 0 Å². The lowest BCUT2D eigenvalue weighted by Gasteiger charge is -2.20. The minimum atomic E-state index is -3.84. The van der Waals surface area contributed by atoms with Gasteiger partial charge in [-0.1, -0.05) is 54.6 Å². The van der Waals surface area contributed by atoms with Crippen LogP contribution in [0, 0.1) is 0 Å². The average molecular weight is 521 g/mol. The Morgan fingerprint density at radius 3 is 2.08 bits per heavy atom. The van der Waals surface area contributed by atoms with E-state index in [0.717, 1.165) is 10.9 Å². The van der Waals surface area contributed by atoms with Gasteiger partial charge in [0.25, 0.3) is 10.0 Å². The van der Waals surface area contributed by atoms with E-state index in [1.807, 2.05) is 54.6 Å². The molecule has 0 aromatic heterocycles. The highest BCUT2D eigenvalue weighted by atomic mass is 32.2. The largest absolute Gasteiger partial charge is 0.497 e. The molecule has 4 aromatic carbocycles. The molecule has 4 aromatic rings. The fraction of sp³-hybridized carbons (Fsp3) is 0.179. The van der Waals surface area contributed by atoms with Gasteiger partial charge in [0.05, 0.1) is 38.0 Å². The van der Waals surface area contributed by atoms with Crippen molar-refractivity contribution >= 4 is 38.1 Å². The molecule has 0 amide bonds. The molecule has 0 aliphatic rings. The molecule has 8 nitrogen and oxygen atoms in total. The summed E-state index contributed by atoms with van der Waals surface area (Å²) in [5, 5.41) is 4.60. The van der Waals surface area contributed by atoms with E-state index in [1.54, 1.807) is 24.3 Å². The Hall–Kier alpha value is -4.08. The number of anilines is 2. The van der Waals surface area contributed by atoms with Crippen LogP contribution in [0.1, 0.15) is 5.56 Å². The van der Waals surface area contributed by atoms with Crippen LogP contribution in [0.15, 0.2) is 95.9 Å². The standard InChI is InChI=1S/C28H28N2O6S/c1-34-21-12-14-22(15-13-21)37(32,33)30-26-17-16-25(23-10-6-7-11-24(23)26)29-27(28(31)35-2)19-36-18-20-8-4-3-5-9-20/h3-17,27,29-30H,18-19H2,1-2H3/t27-/m0/s1. The second-order valence-corrected chi connectivity index (χ2v) is 9.89. The number of hydrogen-bond donors (Lipinski definition) is 2. The van der Waals surface area contributed by atoms with Gasteiger partial charge >= 0.3 is 5.97 Å². The van der Waals surface area contributed by atoms with E-state index in [1.165, 1.54) is 26.4 Å². The van der Waals surface area contributed by atoms with Crippen molar-refractivity contribution in [3.8, 4) is 5.75 Å². The summed E-state index contributed by atoms with van der Waals surface area (Å²) >= 11 is 0. The van der Waals surface area contributed by atoms with Gasteiger partial charge in [-0.3, -0.25) is 4.72 Å². The van der Waals surface area contributed by atoms with E-state index < -0.39 is 22.0 Å². The summed E-state index contributed by atoms with van der Waals surface area (Å²) < 4.78 is 44.6. The molecular weight excluding hydrogens is 492 g/mol. The minimum Gasteiger partial charge on any atom is -0.497 e. The van der Waals surface area contributed by atoms with Crippen molar-refractivity contribution in [3.05, 3.63) is 96.6 Å². The highest BCUT2D eigenvalue weighted by molar-refractivity contribution is 7.92. The summed E-state index contributed by atoms with van der Waals surface area (Å²) in [5.41, 5.74) is 2.04. The Balaban J connectivity index is 1.56.